The van der Waals surface area contributed by atoms with Crippen LogP contribution >= 0.6 is 7.26 Å². The van der Waals surface area contributed by atoms with Gasteiger partial charge >= 0.3 is 314 Å². The van der Waals surface area contributed by atoms with Crippen molar-refractivity contribution in [3.63, 3.8) is 0 Å². The number of rotatable bonds is 60. The van der Waals surface area contributed by atoms with E-state index in [0.29, 0.717) is 0 Å². The van der Waals surface area contributed by atoms with E-state index in [1.54, 1.807) is 76.0 Å². The minimum Gasteiger partial charge on any atom is -0.0654 e. The van der Waals surface area contributed by atoms with Crippen LogP contribution in [0.15, 0.2) is 0 Å². The summed E-state index contributed by atoms with van der Waals surface area (Å²) in [5, 5.41) is 0. The first-order chi connectivity index (χ1) is 32.2. The van der Waals surface area contributed by atoms with Gasteiger partial charge in [-0.2, -0.15) is 0 Å². The molecular weight excluding hydrogens is 800 g/mol. The Labute approximate surface area is 417 Å². The van der Waals surface area contributed by atoms with E-state index in [-0.39, 0.29) is 0 Å². The van der Waals surface area contributed by atoms with Crippen molar-refractivity contribution in [2.75, 3.05) is 24.6 Å². The second-order valence-electron chi connectivity index (χ2n) is 22.9. The van der Waals surface area contributed by atoms with Crippen LogP contribution in [0.1, 0.15) is 387 Å². The summed E-state index contributed by atoms with van der Waals surface area (Å²) in [5.74, 6) is 0. The van der Waals surface area contributed by atoms with Gasteiger partial charge in [0.05, 0.1) is 0 Å². The van der Waals surface area contributed by atoms with Gasteiger partial charge in [0.2, 0.25) is 0 Å². The van der Waals surface area contributed by atoms with Crippen LogP contribution in [-0.2, 0) is 0 Å². The van der Waals surface area contributed by atoms with Crippen molar-refractivity contribution in [1.82, 2.24) is 0 Å². The summed E-state index contributed by atoms with van der Waals surface area (Å²) in [4.78, 5) is 0. The Morgan fingerprint density at radius 1 is 0.123 bits per heavy atom. The molecule has 0 unspecified atom stereocenters. The van der Waals surface area contributed by atoms with Gasteiger partial charge in [-0.25, -0.2) is 0 Å². The molecule has 0 aromatic carbocycles. The maximum absolute atomic E-state index is 2.34. The molecule has 0 rings (SSSR count). The Kier molecular flexibility index (Phi) is 59.1. The summed E-state index contributed by atoms with van der Waals surface area (Å²) >= 11 is 0. The van der Waals surface area contributed by atoms with Crippen LogP contribution in [0.3, 0.4) is 0 Å². The van der Waals surface area contributed by atoms with Crippen LogP contribution in [0.4, 0.5) is 0 Å². The van der Waals surface area contributed by atoms with Gasteiger partial charge in [-0.15, -0.1) is 0 Å². The van der Waals surface area contributed by atoms with Crippen molar-refractivity contribution < 1.29 is 0 Å². The normalized spacial score (nSPS) is 12.2. The van der Waals surface area contributed by atoms with Crippen LogP contribution in [-0.4, -0.2) is 24.6 Å². The van der Waals surface area contributed by atoms with Crippen molar-refractivity contribution in [2.24, 2.45) is 0 Å². The van der Waals surface area contributed by atoms with Crippen LogP contribution in [0.2, 0.25) is 0 Å². The summed E-state index contributed by atoms with van der Waals surface area (Å²) in [6, 6.07) is 0. The fraction of sp³-hybridized carbons (Fsp3) is 1.00. The molecule has 0 aromatic heterocycles. The molecule has 65 heavy (non-hydrogen) atoms. The predicted molar refractivity (Wildman–Crippen MR) is 309 cm³/mol. The Balaban J connectivity index is 4.94. The van der Waals surface area contributed by atoms with E-state index in [2.05, 4.69) is 27.7 Å². The van der Waals surface area contributed by atoms with Crippen LogP contribution < -0.4 is 0 Å². The zero-order chi connectivity index (χ0) is 46.9. The monoisotopic (exact) mass is 933 g/mol. The van der Waals surface area contributed by atoms with Gasteiger partial charge in [0.15, 0.2) is 0 Å². The van der Waals surface area contributed by atoms with Crippen LogP contribution in [0.25, 0.3) is 0 Å². The number of hydrogen-bond acceptors (Lipinski definition) is 0. The molecule has 0 radical (unpaired) electrons. The van der Waals surface area contributed by atoms with E-state index in [0.717, 1.165) is 0 Å². The topological polar surface area (TPSA) is 0 Å². The first-order valence-corrected chi connectivity index (χ1v) is 35.1. The molecule has 0 aliphatic heterocycles. The maximum atomic E-state index is 2.34. The van der Waals surface area contributed by atoms with Gasteiger partial charge in [0.1, 0.15) is 0 Å². The molecule has 0 bridgehead atoms. The summed E-state index contributed by atoms with van der Waals surface area (Å²) in [6.45, 7) is 9.34. The van der Waals surface area contributed by atoms with Crippen molar-refractivity contribution in [1.29, 1.82) is 0 Å². The third kappa shape index (κ3) is 53.6. The average molecular weight is 934 g/mol. The van der Waals surface area contributed by atoms with E-state index >= 15 is 0 Å². The summed E-state index contributed by atoms with van der Waals surface area (Å²) < 4.78 is 0. The summed E-state index contributed by atoms with van der Waals surface area (Å²) in [5.41, 5.74) is 0. The molecule has 0 aromatic rings. The standard InChI is InChI=1S/C64H133P/c1-5-9-13-17-21-25-29-33-37-41-45-49-53-57-61-65(62-58-54-50-46-42-38-34-30-26-22-18-14-10-6-2,63-59-55-51-47-43-39-35-31-27-23-19-15-11-7-3)64-60-56-52-48-44-40-36-32-28-24-20-16-12-8-4/h65H,5-64H2,1-4H3. The molecule has 0 fully saturated rings. The molecule has 0 heterocycles. The molecule has 0 atom stereocenters. The third-order valence-electron chi connectivity index (χ3n) is 16.2. The summed E-state index contributed by atoms with van der Waals surface area (Å²) in [7, 11) is -1.21. The Morgan fingerprint density at radius 2 is 0.215 bits per heavy atom. The van der Waals surface area contributed by atoms with Crippen molar-refractivity contribution >= 4 is 7.26 Å². The Morgan fingerprint density at radius 3 is 0.323 bits per heavy atom. The van der Waals surface area contributed by atoms with Crippen molar-refractivity contribution in [3.05, 3.63) is 0 Å². The zero-order valence-electron chi connectivity index (χ0n) is 46.9. The van der Waals surface area contributed by atoms with E-state index in [1.807, 2.05) is 0 Å². The predicted octanol–water partition coefficient (Wildman–Crippen LogP) is 24.7. The second-order valence-corrected chi connectivity index (χ2v) is 27.9. The minimum atomic E-state index is -1.21. The third-order valence-corrected chi connectivity index (χ3v) is 21.9. The van der Waals surface area contributed by atoms with E-state index in [1.165, 1.54) is 308 Å². The van der Waals surface area contributed by atoms with E-state index in [4.69, 9.17) is 0 Å². The Bertz CT molecular complexity index is 670. The quantitative estimate of drug-likeness (QED) is 0.0421. The molecule has 0 saturated carbocycles. The smallest absolute Gasteiger partial charge is 0.0654 e. The molecule has 0 spiro atoms. The number of hydrogen-bond donors (Lipinski definition) is 0. The molecular formula is C64H133P. The fourth-order valence-corrected chi connectivity index (χ4v) is 17.0. The van der Waals surface area contributed by atoms with Gasteiger partial charge in [0.25, 0.3) is 0 Å². The van der Waals surface area contributed by atoms with E-state index in [9.17, 15) is 0 Å². The minimum absolute atomic E-state index is 1.21. The Hall–Kier alpha value is 0.430. The van der Waals surface area contributed by atoms with E-state index < -0.39 is 7.26 Å². The molecule has 0 nitrogen and oxygen atoms in total. The molecule has 0 aliphatic rings. The molecule has 0 saturated heterocycles. The van der Waals surface area contributed by atoms with Crippen LogP contribution in [0.5, 0.6) is 0 Å². The zero-order valence-corrected chi connectivity index (χ0v) is 47.9. The van der Waals surface area contributed by atoms with Crippen molar-refractivity contribution in [2.45, 2.75) is 387 Å². The summed E-state index contributed by atoms with van der Waals surface area (Å²) in [6.07, 6.45) is 90.6. The van der Waals surface area contributed by atoms with Gasteiger partial charge in [-0.3, -0.25) is 0 Å². The molecule has 0 aliphatic carbocycles. The molecule has 0 amide bonds. The SMILES string of the molecule is CCCCCCCCCCCCCCCC[PH](CCCCCCCCCCCCCCCC)(CCCCCCCCCCCCCCCC)CCCCCCCCCCCCCCCC. The van der Waals surface area contributed by atoms with Crippen molar-refractivity contribution in [3.8, 4) is 0 Å². The van der Waals surface area contributed by atoms with Gasteiger partial charge < -0.3 is 0 Å². The first-order valence-electron chi connectivity index (χ1n) is 32.2. The average Bonchev–Trinajstić information content (AvgIpc) is 3.32. The first kappa shape index (κ1) is 65.4. The number of unbranched alkanes of at least 4 members (excludes halogenated alkanes) is 52. The fourth-order valence-electron chi connectivity index (χ4n) is 11.5. The van der Waals surface area contributed by atoms with Gasteiger partial charge in [0, 0.05) is 0 Å². The molecule has 394 valence electrons. The second kappa shape index (κ2) is 58.7. The van der Waals surface area contributed by atoms with Gasteiger partial charge in [-0.1, -0.05) is 105 Å². The molecule has 0 N–H and O–H groups in total. The van der Waals surface area contributed by atoms with Gasteiger partial charge in [-0.05, 0) is 0 Å². The molecule has 1 heteroatoms. The van der Waals surface area contributed by atoms with Crippen LogP contribution in [0, 0.1) is 0 Å².